The molecule has 208 valence electrons. The second-order valence-corrected chi connectivity index (χ2v) is 11.4. The molecule has 1 nitrogen and oxygen atoms in total. The molecule has 0 saturated carbocycles. The van der Waals surface area contributed by atoms with Gasteiger partial charge in [0.1, 0.15) is 0 Å². The Morgan fingerprint density at radius 1 is 0.436 bits per heavy atom. The lowest BCUT2D eigenvalue weighted by Gasteiger charge is -2.28. The summed E-state index contributed by atoms with van der Waals surface area (Å²) in [5.41, 5.74) is 2.71. The van der Waals surface area contributed by atoms with Crippen LogP contribution in [-0.2, 0) is 4.74 Å². The number of fused-ring (bicyclic) bond motifs is 2. The summed E-state index contributed by atoms with van der Waals surface area (Å²) in [6, 6.07) is 31.2. The average molecular weight is 523 g/mol. The Morgan fingerprint density at radius 3 is 1.28 bits per heavy atom. The van der Waals surface area contributed by atoms with E-state index >= 15 is 0 Å². The monoisotopic (exact) mass is 522 g/mol. The van der Waals surface area contributed by atoms with Gasteiger partial charge in [0, 0.05) is 0 Å². The van der Waals surface area contributed by atoms with Gasteiger partial charge in [0.15, 0.2) is 0 Å². The summed E-state index contributed by atoms with van der Waals surface area (Å²) in [6.45, 7) is 4.59. The topological polar surface area (TPSA) is 9.23 Å². The minimum Gasteiger partial charge on any atom is -0.366 e. The lowest BCUT2D eigenvalue weighted by Crippen LogP contribution is -2.12. The lowest BCUT2D eigenvalue weighted by atomic mass is 9.94. The van der Waals surface area contributed by atoms with Crippen molar-refractivity contribution in [2.45, 2.75) is 116 Å². The molecule has 4 aromatic rings. The predicted octanol–water partition coefficient (Wildman–Crippen LogP) is 12.3. The van der Waals surface area contributed by atoms with Crippen LogP contribution >= 0.6 is 0 Å². The minimum atomic E-state index is 0.103. The first kappa shape index (κ1) is 29.3. The smallest absolute Gasteiger partial charge is 0.0839 e. The molecule has 39 heavy (non-hydrogen) atoms. The van der Waals surface area contributed by atoms with Gasteiger partial charge in [0.25, 0.3) is 0 Å². The third-order valence-electron chi connectivity index (χ3n) is 8.31. The molecule has 0 aromatic heterocycles. The van der Waals surface area contributed by atoms with Crippen LogP contribution in [0.3, 0.4) is 0 Å². The number of rotatable bonds is 18. The van der Waals surface area contributed by atoms with Gasteiger partial charge < -0.3 is 4.74 Å². The molecular formula is C38H50O. The van der Waals surface area contributed by atoms with Gasteiger partial charge in [-0.3, -0.25) is 0 Å². The number of ether oxygens (including phenoxy) is 1. The molecular weight excluding hydrogens is 472 g/mol. The Morgan fingerprint density at radius 2 is 0.821 bits per heavy atom. The van der Waals surface area contributed by atoms with Gasteiger partial charge in [0.05, 0.1) is 12.2 Å². The highest BCUT2D eigenvalue weighted by atomic mass is 16.5. The molecule has 0 N–H and O–H groups in total. The molecule has 0 saturated heterocycles. The molecule has 0 aliphatic heterocycles. The van der Waals surface area contributed by atoms with Crippen molar-refractivity contribution in [3.8, 4) is 0 Å². The maximum absolute atomic E-state index is 7.29. The molecule has 0 aliphatic rings. The molecule has 1 heteroatoms. The van der Waals surface area contributed by atoms with Crippen LogP contribution in [0.5, 0.6) is 0 Å². The fourth-order valence-electron chi connectivity index (χ4n) is 6.07. The van der Waals surface area contributed by atoms with Crippen molar-refractivity contribution in [2.75, 3.05) is 0 Å². The van der Waals surface area contributed by atoms with Crippen molar-refractivity contribution < 1.29 is 4.74 Å². The molecule has 0 fully saturated rings. The van der Waals surface area contributed by atoms with Crippen molar-refractivity contribution in [3.05, 3.63) is 96.1 Å². The Kier molecular flexibility index (Phi) is 12.4. The maximum atomic E-state index is 7.29. The molecule has 0 spiro atoms. The second-order valence-electron chi connectivity index (χ2n) is 11.4. The van der Waals surface area contributed by atoms with Gasteiger partial charge in [0.2, 0.25) is 0 Å². The van der Waals surface area contributed by atoms with Gasteiger partial charge >= 0.3 is 0 Å². The zero-order valence-electron chi connectivity index (χ0n) is 24.5. The highest BCUT2D eigenvalue weighted by Crippen LogP contribution is 2.39. The van der Waals surface area contributed by atoms with E-state index in [4.69, 9.17) is 4.74 Å². The Bertz CT molecular complexity index is 1130. The van der Waals surface area contributed by atoms with Crippen LogP contribution in [0.15, 0.2) is 84.9 Å². The van der Waals surface area contributed by atoms with Crippen LogP contribution in [0.2, 0.25) is 0 Å². The highest BCUT2D eigenvalue weighted by Gasteiger charge is 2.23. The van der Waals surface area contributed by atoms with E-state index in [1.165, 1.54) is 110 Å². The molecule has 4 rings (SSSR count). The van der Waals surface area contributed by atoms with Crippen molar-refractivity contribution in [1.29, 1.82) is 0 Å². The van der Waals surface area contributed by atoms with Crippen molar-refractivity contribution >= 4 is 21.5 Å². The van der Waals surface area contributed by atoms with Gasteiger partial charge in [-0.05, 0) is 45.5 Å². The van der Waals surface area contributed by atoms with E-state index in [1.807, 2.05) is 0 Å². The zero-order valence-corrected chi connectivity index (χ0v) is 24.5. The van der Waals surface area contributed by atoms with Crippen LogP contribution in [0.25, 0.3) is 21.5 Å². The molecule has 2 unspecified atom stereocenters. The third-order valence-corrected chi connectivity index (χ3v) is 8.31. The van der Waals surface area contributed by atoms with E-state index in [9.17, 15) is 0 Å². The number of hydrogen-bond donors (Lipinski definition) is 0. The molecule has 4 aromatic carbocycles. The third kappa shape index (κ3) is 8.67. The fraction of sp³-hybridized carbons (Fsp3) is 0.474. The van der Waals surface area contributed by atoms with E-state index in [0.717, 1.165) is 12.8 Å². The first-order valence-corrected chi connectivity index (χ1v) is 15.9. The molecule has 0 aliphatic carbocycles. The van der Waals surface area contributed by atoms with Crippen molar-refractivity contribution in [3.63, 3.8) is 0 Å². The Hall–Kier alpha value is -2.64. The van der Waals surface area contributed by atoms with Crippen LogP contribution in [0, 0.1) is 0 Å². The first-order valence-electron chi connectivity index (χ1n) is 15.9. The van der Waals surface area contributed by atoms with Crippen molar-refractivity contribution in [1.82, 2.24) is 0 Å². The molecule has 0 radical (unpaired) electrons. The first-order chi connectivity index (χ1) is 19.3. The molecule has 0 heterocycles. The van der Waals surface area contributed by atoms with Crippen LogP contribution in [0.1, 0.15) is 127 Å². The summed E-state index contributed by atoms with van der Waals surface area (Å²) in [5, 5.41) is 5.30. The van der Waals surface area contributed by atoms with Gasteiger partial charge in [-0.2, -0.15) is 0 Å². The largest absolute Gasteiger partial charge is 0.366 e. The standard InChI is InChI=1S/C38H50O/c1-3-5-7-9-11-13-29-37(35-27-19-23-31-21-15-17-25-33(31)35)39-38(30-14-12-10-8-6-4-2)36-28-20-24-32-22-16-18-26-34(32)36/h15-28,37-38H,3-14,29-30H2,1-2H3. The van der Waals surface area contributed by atoms with E-state index < -0.39 is 0 Å². The summed E-state index contributed by atoms with van der Waals surface area (Å²) in [7, 11) is 0. The normalized spacial score (nSPS) is 13.2. The highest BCUT2D eigenvalue weighted by molar-refractivity contribution is 5.87. The van der Waals surface area contributed by atoms with Crippen molar-refractivity contribution in [2.24, 2.45) is 0 Å². The number of unbranched alkanes of at least 4 members (excludes halogenated alkanes) is 10. The van der Waals surface area contributed by atoms with Gasteiger partial charge in [-0.25, -0.2) is 0 Å². The fourth-order valence-corrected chi connectivity index (χ4v) is 6.07. The van der Waals surface area contributed by atoms with E-state index in [2.05, 4.69) is 98.8 Å². The second kappa shape index (κ2) is 16.5. The summed E-state index contributed by atoms with van der Waals surface area (Å²) in [6.07, 6.45) is 18.1. The summed E-state index contributed by atoms with van der Waals surface area (Å²) >= 11 is 0. The minimum absolute atomic E-state index is 0.103. The molecule has 0 amide bonds. The van der Waals surface area contributed by atoms with Crippen LogP contribution < -0.4 is 0 Å². The van der Waals surface area contributed by atoms with E-state index in [-0.39, 0.29) is 12.2 Å². The summed E-state index contributed by atoms with van der Waals surface area (Å²) in [5.74, 6) is 0. The zero-order chi connectivity index (χ0) is 27.1. The lowest BCUT2D eigenvalue weighted by molar-refractivity contribution is -0.0249. The molecule has 2 atom stereocenters. The van der Waals surface area contributed by atoms with Crippen LogP contribution in [-0.4, -0.2) is 0 Å². The Balaban J connectivity index is 1.60. The quantitative estimate of drug-likeness (QED) is 0.118. The van der Waals surface area contributed by atoms with E-state index in [1.54, 1.807) is 0 Å². The number of benzene rings is 4. The summed E-state index contributed by atoms with van der Waals surface area (Å²) in [4.78, 5) is 0. The van der Waals surface area contributed by atoms with Crippen LogP contribution in [0.4, 0.5) is 0 Å². The maximum Gasteiger partial charge on any atom is 0.0839 e. The SMILES string of the molecule is CCCCCCCCC(OC(CCCCCCCC)c1cccc2ccccc12)c1cccc2ccccc12. The van der Waals surface area contributed by atoms with Gasteiger partial charge in [-0.1, -0.05) is 176 Å². The molecule has 0 bridgehead atoms. The summed E-state index contributed by atoms with van der Waals surface area (Å²) < 4.78 is 7.29. The Labute approximate surface area is 238 Å². The predicted molar refractivity (Wildman–Crippen MR) is 170 cm³/mol. The number of hydrogen-bond acceptors (Lipinski definition) is 1. The van der Waals surface area contributed by atoms with Gasteiger partial charge in [-0.15, -0.1) is 0 Å². The van der Waals surface area contributed by atoms with E-state index in [0.29, 0.717) is 0 Å². The average Bonchev–Trinajstić information content (AvgIpc) is 2.98.